The van der Waals surface area contributed by atoms with Crippen LogP contribution >= 0.6 is 0 Å². The van der Waals surface area contributed by atoms with Gasteiger partial charge >= 0.3 is 0 Å². The third-order valence-electron chi connectivity index (χ3n) is 3.70. The molecule has 0 aliphatic rings. The van der Waals surface area contributed by atoms with Gasteiger partial charge in [-0.05, 0) is 17.7 Å². The van der Waals surface area contributed by atoms with E-state index in [2.05, 4.69) is 19.9 Å². The molecule has 25 heavy (non-hydrogen) atoms. The van der Waals surface area contributed by atoms with Crippen molar-refractivity contribution in [2.24, 2.45) is 0 Å². The summed E-state index contributed by atoms with van der Waals surface area (Å²) in [5.41, 5.74) is 0.562. The molecule has 0 saturated heterocycles. The summed E-state index contributed by atoms with van der Waals surface area (Å²) in [5, 5.41) is 0.0219. The minimum atomic E-state index is -0.542. The summed E-state index contributed by atoms with van der Waals surface area (Å²) in [4.78, 5) is 37.1. The van der Waals surface area contributed by atoms with Gasteiger partial charge in [0.05, 0.1) is 13.4 Å². The number of nitrogens with zero attached hydrogens (tertiary/aromatic N) is 1. The van der Waals surface area contributed by atoms with Crippen molar-refractivity contribution in [2.45, 2.75) is 26.2 Å². The van der Waals surface area contributed by atoms with Crippen LogP contribution < -0.4 is 21.8 Å². The first kappa shape index (κ1) is 15.4. The Morgan fingerprint density at radius 2 is 1.68 bits per heavy atom. The lowest BCUT2D eigenvalue weighted by Gasteiger charge is -2.16. The summed E-state index contributed by atoms with van der Waals surface area (Å²) in [7, 11) is 0. The van der Waals surface area contributed by atoms with Gasteiger partial charge in [0.15, 0.2) is 0 Å². The molecular weight excluding hydrogens is 316 g/mol. The summed E-state index contributed by atoms with van der Waals surface area (Å²) in [5.74, 6) is 0. The number of rotatable bonds is 2. The molecule has 0 aliphatic carbocycles. The number of aromatic amines is 3. The molecule has 6 nitrogen and oxygen atoms in total. The Hall–Kier alpha value is -3.15. The second kappa shape index (κ2) is 6.39. The van der Waals surface area contributed by atoms with Gasteiger partial charge in [-0.1, -0.05) is 51.1 Å². The van der Waals surface area contributed by atoms with Crippen LogP contribution in [0.1, 0.15) is 39.1 Å². The molecule has 3 rings (SSSR count). The molecule has 0 fully saturated rings. The molecule has 2 heterocycles. The van der Waals surface area contributed by atoms with Gasteiger partial charge in [0.2, 0.25) is 0 Å². The first-order valence-corrected chi connectivity index (χ1v) is 7.92. The largest absolute Gasteiger partial charge is 0.348 e. The topological polar surface area (TPSA) is 94.4 Å². The molecule has 3 N–H and O–H groups in total. The lowest BCUT2D eigenvalue weighted by Crippen LogP contribution is -2.46. The molecule has 0 spiro atoms. The van der Waals surface area contributed by atoms with Crippen molar-refractivity contribution < 1.29 is 1.37 Å². The Balaban J connectivity index is 2.23. The molecule has 1 aromatic carbocycles. The minimum absolute atomic E-state index is 0.113. The zero-order valence-corrected chi connectivity index (χ0v) is 14.3. The number of benzene rings is 1. The van der Waals surface area contributed by atoms with Crippen molar-refractivity contribution in [3.8, 4) is 0 Å². The molecule has 0 radical (unpaired) electrons. The van der Waals surface area contributed by atoms with E-state index in [0.717, 1.165) is 11.3 Å². The Bertz CT molecular complexity index is 1160. The van der Waals surface area contributed by atoms with Crippen molar-refractivity contribution >= 4 is 12.1 Å². The lowest BCUT2D eigenvalue weighted by molar-refractivity contribution is 0.571. The summed E-state index contributed by atoms with van der Waals surface area (Å²) >= 11 is 0. The van der Waals surface area contributed by atoms with Gasteiger partial charge in [-0.2, -0.15) is 0 Å². The van der Waals surface area contributed by atoms with E-state index in [0.29, 0.717) is 5.69 Å². The van der Waals surface area contributed by atoms with Gasteiger partial charge in [0, 0.05) is 11.1 Å². The molecule has 2 aromatic heterocycles. The van der Waals surface area contributed by atoms with Crippen molar-refractivity contribution in [3.63, 3.8) is 0 Å². The van der Waals surface area contributed by atoms with E-state index in [1.807, 2.05) is 51.1 Å². The first-order chi connectivity index (χ1) is 12.3. The van der Waals surface area contributed by atoms with Gasteiger partial charge in [-0.25, -0.2) is 4.98 Å². The molecule has 128 valence electrons. The molecular formula is C19H20N4O2. The fourth-order valence-corrected chi connectivity index (χ4v) is 2.46. The summed E-state index contributed by atoms with van der Waals surface area (Å²) < 4.78 is 8.35. The lowest BCUT2D eigenvalue weighted by atomic mass is 9.90. The fraction of sp³-hybridized carbons (Fsp3) is 0.211. The maximum absolute atomic E-state index is 12.5. The molecule has 0 aliphatic heterocycles. The zero-order valence-electron chi connectivity index (χ0n) is 15.3. The number of hydrogen-bond acceptors (Lipinski definition) is 3. The molecule has 0 amide bonds. The highest BCUT2D eigenvalue weighted by molar-refractivity contribution is 5.49. The van der Waals surface area contributed by atoms with Crippen LogP contribution in [0.2, 0.25) is 0 Å². The zero-order chi connectivity index (χ0) is 18.9. The SMILES string of the molecule is [2H]/C(c1nc[nH]c1C(C)(C)C)=c1/[nH]c(=O)/c(=C\c2ccccc2)[nH]c1=O. The van der Waals surface area contributed by atoms with Gasteiger partial charge in [0.25, 0.3) is 11.1 Å². The normalized spacial score (nSPS) is 14.4. The predicted octanol–water partition coefficient (Wildman–Crippen LogP) is 0.741. The van der Waals surface area contributed by atoms with E-state index in [-0.39, 0.29) is 22.2 Å². The summed E-state index contributed by atoms with van der Waals surface area (Å²) in [6.45, 7) is 5.92. The monoisotopic (exact) mass is 337 g/mol. The highest BCUT2D eigenvalue weighted by Gasteiger charge is 2.19. The smallest absolute Gasteiger partial charge is 0.272 e. The van der Waals surface area contributed by atoms with Crippen LogP contribution in [0.25, 0.3) is 12.1 Å². The van der Waals surface area contributed by atoms with E-state index in [1.54, 1.807) is 6.08 Å². The van der Waals surface area contributed by atoms with E-state index in [4.69, 9.17) is 1.37 Å². The number of H-pyrrole nitrogens is 3. The molecule has 0 unspecified atom stereocenters. The second-order valence-electron chi connectivity index (χ2n) is 6.75. The number of hydrogen-bond donors (Lipinski definition) is 3. The Kier molecular flexibility index (Phi) is 3.93. The van der Waals surface area contributed by atoms with Gasteiger partial charge in [-0.15, -0.1) is 0 Å². The summed E-state index contributed by atoms with van der Waals surface area (Å²) in [6, 6.07) is 9.08. The molecule has 0 atom stereocenters. The highest BCUT2D eigenvalue weighted by atomic mass is 16.1. The van der Waals surface area contributed by atoms with Gasteiger partial charge in [-0.3, -0.25) is 9.59 Å². The standard InChI is InChI=1S/C19H20N4O2/c1-19(2,3)16-13(20-11-21-16)10-15-18(25)22-14(17(24)23-15)9-12-7-5-4-6-8-12/h4-11H,1-3H3,(H,20,21)(H,22,25)(H,23,24)/b14-9+,15-10-/i10D. The third-order valence-corrected chi connectivity index (χ3v) is 3.70. The van der Waals surface area contributed by atoms with E-state index >= 15 is 0 Å². The highest BCUT2D eigenvalue weighted by Crippen LogP contribution is 2.22. The molecule has 0 bridgehead atoms. The van der Waals surface area contributed by atoms with E-state index in [9.17, 15) is 9.59 Å². The van der Waals surface area contributed by atoms with Crippen LogP contribution in [0.15, 0.2) is 46.2 Å². The first-order valence-electron chi connectivity index (χ1n) is 8.42. The Labute approximate surface area is 145 Å². The van der Waals surface area contributed by atoms with Crippen molar-refractivity contribution in [2.75, 3.05) is 0 Å². The van der Waals surface area contributed by atoms with Gasteiger partial charge in [0.1, 0.15) is 10.7 Å². The number of aromatic nitrogens is 4. The predicted molar refractivity (Wildman–Crippen MR) is 97.8 cm³/mol. The third kappa shape index (κ3) is 3.68. The maximum Gasteiger partial charge on any atom is 0.272 e. The van der Waals surface area contributed by atoms with Crippen molar-refractivity contribution in [3.05, 3.63) is 85.0 Å². The van der Waals surface area contributed by atoms with Crippen LogP contribution in [0.5, 0.6) is 0 Å². The Morgan fingerprint density at radius 3 is 2.36 bits per heavy atom. The van der Waals surface area contributed by atoms with E-state index in [1.165, 1.54) is 6.33 Å². The van der Waals surface area contributed by atoms with Crippen LogP contribution in [-0.4, -0.2) is 19.9 Å². The van der Waals surface area contributed by atoms with Gasteiger partial charge < -0.3 is 15.0 Å². The maximum atomic E-state index is 12.5. The van der Waals surface area contributed by atoms with Crippen LogP contribution in [0.3, 0.4) is 0 Å². The average molecular weight is 337 g/mol. The fourth-order valence-electron chi connectivity index (χ4n) is 2.46. The number of nitrogens with one attached hydrogen (secondary N) is 3. The Morgan fingerprint density at radius 1 is 1.04 bits per heavy atom. The van der Waals surface area contributed by atoms with E-state index < -0.39 is 11.1 Å². The van der Waals surface area contributed by atoms with Crippen molar-refractivity contribution in [1.82, 2.24) is 19.9 Å². The summed E-state index contributed by atoms with van der Waals surface area (Å²) in [6.07, 6.45) is 3.07. The quantitative estimate of drug-likeness (QED) is 0.644. The minimum Gasteiger partial charge on any atom is -0.348 e. The second-order valence-corrected chi connectivity index (χ2v) is 6.75. The molecule has 6 heteroatoms. The van der Waals surface area contributed by atoms with Crippen molar-refractivity contribution in [1.29, 1.82) is 0 Å². The number of imidazole rings is 1. The molecule has 3 aromatic rings. The average Bonchev–Trinajstić information content (AvgIpc) is 3.08. The van der Waals surface area contributed by atoms with Crippen LogP contribution in [0, 0.1) is 0 Å². The molecule has 0 saturated carbocycles. The van der Waals surface area contributed by atoms with Crippen LogP contribution in [0.4, 0.5) is 0 Å². The van der Waals surface area contributed by atoms with Crippen LogP contribution in [-0.2, 0) is 5.41 Å².